The molecule has 28 heavy (non-hydrogen) atoms. The maximum absolute atomic E-state index is 13.9. The minimum atomic E-state index is -0.796. The second-order valence-electron chi connectivity index (χ2n) is 7.39. The first-order valence-electron chi connectivity index (χ1n) is 9.24. The number of carbonyl (C=O) groups is 1. The summed E-state index contributed by atoms with van der Waals surface area (Å²) in [4.78, 5) is 12.9. The zero-order valence-corrected chi connectivity index (χ0v) is 16.0. The van der Waals surface area contributed by atoms with E-state index < -0.39 is 11.8 Å². The molecule has 1 fully saturated rings. The molecule has 148 valence electrons. The van der Waals surface area contributed by atoms with Crippen molar-refractivity contribution >= 4 is 17.6 Å². The molecule has 0 saturated carbocycles. The Bertz CT molecular complexity index is 876. The van der Waals surface area contributed by atoms with Crippen LogP contribution in [0.1, 0.15) is 24.0 Å². The Kier molecular flexibility index (Phi) is 5.17. The van der Waals surface area contributed by atoms with Crippen molar-refractivity contribution in [1.82, 2.24) is 4.90 Å². The lowest BCUT2D eigenvalue weighted by atomic mass is 9.74. The third-order valence-corrected chi connectivity index (χ3v) is 6.00. The number of hydrogen-bond acceptors (Lipinski definition) is 4. The maximum atomic E-state index is 13.9. The molecule has 0 radical (unpaired) electrons. The summed E-state index contributed by atoms with van der Waals surface area (Å²) in [5.41, 5.74) is 1.39. The van der Waals surface area contributed by atoms with Gasteiger partial charge in [-0.3, -0.25) is 9.69 Å². The van der Waals surface area contributed by atoms with Crippen molar-refractivity contribution in [3.63, 3.8) is 0 Å². The maximum Gasteiger partial charge on any atom is 0.317 e. The number of fused-ring (bicyclic) bond motifs is 2. The Morgan fingerprint density at radius 1 is 1.29 bits per heavy atom. The molecule has 1 spiro atoms. The number of benzene rings is 2. The summed E-state index contributed by atoms with van der Waals surface area (Å²) in [6, 6.07) is 10.3. The van der Waals surface area contributed by atoms with Crippen LogP contribution in [0.5, 0.6) is 11.5 Å². The topological polar surface area (TPSA) is 59.0 Å². The Morgan fingerprint density at radius 3 is 2.79 bits per heavy atom. The highest BCUT2D eigenvalue weighted by atomic mass is 35.5. The molecule has 1 N–H and O–H groups in total. The predicted octanol–water partition coefficient (Wildman–Crippen LogP) is 3.87. The van der Waals surface area contributed by atoms with Gasteiger partial charge in [0.25, 0.3) is 0 Å². The fraction of sp³-hybridized carbons (Fsp3) is 0.381. The zero-order chi connectivity index (χ0) is 19.7. The molecule has 5 nitrogen and oxygen atoms in total. The summed E-state index contributed by atoms with van der Waals surface area (Å²) in [7, 11) is 0. The molecule has 0 atom stereocenters. The van der Waals surface area contributed by atoms with E-state index in [0.29, 0.717) is 22.9 Å². The molecule has 0 bridgehead atoms. The number of likely N-dealkylation sites (tertiary alicyclic amines) is 1. The summed E-state index contributed by atoms with van der Waals surface area (Å²) in [5, 5.41) is 9.30. The highest BCUT2D eigenvalue weighted by Gasteiger charge is 2.43. The van der Waals surface area contributed by atoms with E-state index >= 15 is 0 Å². The molecular formula is C21H21ClFNO4. The first-order valence-corrected chi connectivity index (χ1v) is 9.62. The van der Waals surface area contributed by atoms with E-state index in [1.165, 1.54) is 6.07 Å². The van der Waals surface area contributed by atoms with Gasteiger partial charge in [0.2, 0.25) is 0 Å². The molecule has 0 aromatic heterocycles. The second kappa shape index (κ2) is 7.60. The molecule has 2 aromatic rings. The van der Waals surface area contributed by atoms with E-state index in [9.17, 15) is 9.18 Å². The number of ether oxygens (including phenoxy) is 2. The first kappa shape index (κ1) is 19.0. The minimum absolute atomic E-state index is 0.0413. The molecular weight excluding hydrogens is 385 g/mol. The van der Waals surface area contributed by atoms with Crippen LogP contribution in [0.2, 0.25) is 5.02 Å². The van der Waals surface area contributed by atoms with Gasteiger partial charge in [0.05, 0.1) is 18.2 Å². The van der Waals surface area contributed by atoms with Crippen LogP contribution in [0.4, 0.5) is 4.39 Å². The van der Waals surface area contributed by atoms with Gasteiger partial charge < -0.3 is 14.6 Å². The number of rotatable bonds is 5. The number of piperidine rings is 1. The van der Waals surface area contributed by atoms with Gasteiger partial charge in [-0.25, -0.2) is 4.39 Å². The largest absolute Gasteiger partial charge is 0.492 e. The normalized spacial score (nSPS) is 17.9. The van der Waals surface area contributed by atoms with E-state index in [1.54, 1.807) is 12.1 Å². The first-order chi connectivity index (χ1) is 13.5. The second-order valence-corrected chi connectivity index (χ2v) is 7.79. The summed E-state index contributed by atoms with van der Waals surface area (Å²) in [6.45, 7) is 2.18. The Morgan fingerprint density at radius 2 is 2.07 bits per heavy atom. The van der Waals surface area contributed by atoms with Gasteiger partial charge in [-0.05, 0) is 44.1 Å². The van der Waals surface area contributed by atoms with Crippen molar-refractivity contribution in [2.75, 3.05) is 26.2 Å². The molecule has 0 aliphatic carbocycles. The molecule has 2 aliphatic rings. The lowest BCUT2D eigenvalue weighted by Crippen LogP contribution is -2.45. The van der Waals surface area contributed by atoms with Crippen molar-refractivity contribution < 1.29 is 23.8 Å². The molecule has 7 heteroatoms. The van der Waals surface area contributed by atoms with Crippen molar-refractivity contribution in [1.29, 1.82) is 0 Å². The Hall–Kier alpha value is -2.31. The zero-order valence-electron chi connectivity index (χ0n) is 15.3. The van der Waals surface area contributed by atoms with E-state index in [-0.39, 0.29) is 18.6 Å². The summed E-state index contributed by atoms with van der Waals surface area (Å²) >= 11 is 6.04. The third-order valence-electron chi connectivity index (χ3n) is 5.65. The SMILES string of the molecule is O=C(O)CN1CCC2(CC1)COc1cc(OCc3c(F)cccc3Cl)ccc12. The number of carboxylic acid groups (broad SMARTS) is 1. The van der Waals surface area contributed by atoms with Gasteiger partial charge in [-0.2, -0.15) is 0 Å². The van der Waals surface area contributed by atoms with Gasteiger partial charge in [0.15, 0.2) is 0 Å². The van der Waals surface area contributed by atoms with Crippen molar-refractivity contribution in [2.24, 2.45) is 0 Å². The fourth-order valence-corrected chi connectivity index (χ4v) is 4.23. The monoisotopic (exact) mass is 405 g/mol. The van der Waals surface area contributed by atoms with Crippen LogP contribution in [0, 0.1) is 5.82 Å². The van der Waals surface area contributed by atoms with E-state index in [4.69, 9.17) is 26.2 Å². The van der Waals surface area contributed by atoms with Crippen LogP contribution >= 0.6 is 11.6 Å². The Balaban J connectivity index is 1.45. The summed E-state index contributed by atoms with van der Waals surface area (Å²) < 4.78 is 25.6. The number of hydrogen-bond donors (Lipinski definition) is 1. The van der Waals surface area contributed by atoms with Gasteiger partial charge >= 0.3 is 5.97 Å². The molecule has 4 rings (SSSR count). The molecule has 2 aliphatic heterocycles. The molecule has 1 saturated heterocycles. The summed E-state index contributed by atoms with van der Waals surface area (Å²) in [5.74, 6) is 0.190. The number of aliphatic carboxylic acids is 1. The minimum Gasteiger partial charge on any atom is -0.492 e. The summed E-state index contributed by atoms with van der Waals surface area (Å²) in [6.07, 6.45) is 1.72. The lowest BCUT2D eigenvalue weighted by Gasteiger charge is -2.37. The quantitative estimate of drug-likeness (QED) is 0.818. The van der Waals surface area contributed by atoms with Gasteiger partial charge in [-0.1, -0.05) is 23.7 Å². The van der Waals surface area contributed by atoms with Crippen molar-refractivity contribution in [3.05, 3.63) is 58.4 Å². The van der Waals surface area contributed by atoms with Crippen molar-refractivity contribution in [2.45, 2.75) is 24.9 Å². The molecule has 2 heterocycles. The van der Waals surface area contributed by atoms with Crippen molar-refractivity contribution in [3.8, 4) is 11.5 Å². The third kappa shape index (κ3) is 3.66. The average Bonchev–Trinajstić information content (AvgIpc) is 3.01. The average molecular weight is 406 g/mol. The molecule has 0 amide bonds. The van der Waals surface area contributed by atoms with Crippen LogP contribution in [0.15, 0.2) is 36.4 Å². The van der Waals surface area contributed by atoms with E-state index in [1.807, 2.05) is 23.1 Å². The van der Waals surface area contributed by atoms with E-state index in [2.05, 4.69) is 0 Å². The van der Waals surface area contributed by atoms with Gasteiger partial charge in [0.1, 0.15) is 23.9 Å². The lowest BCUT2D eigenvalue weighted by molar-refractivity contribution is -0.138. The molecule has 2 aromatic carbocycles. The highest BCUT2D eigenvalue weighted by molar-refractivity contribution is 6.31. The highest BCUT2D eigenvalue weighted by Crippen LogP contribution is 2.46. The predicted molar refractivity (Wildman–Crippen MR) is 103 cm³/mol. The van der Waals surface area contributed by atoms with Gasteiger partial charge in [0, 0.05) is 22.6 Å². The number of carboxylic acids is 1. The van der Waals surface area contributed by atoms with Gasteiger partial charge in [-0.15, -0.1) is 0 Å². The van der Waals surface area contributed by atoms with Crippen LogP contribution < -0.4 is 9.47 Å². The van der Waals surface area contributed by atoms with Crippen LogP contribution in [-0.2, 0) is 16.8 Å². The van der Waals surface area contributed by atoms with Crippen LogP contribution in [0.3, 0.4) is 0 Å². The standard InChI is InChI=1S/C21H21ClFNO4/c22-17-2-1-3-18(23)15(17)12-27-14-4-5-16-19(10-14)28-13-21(16)6-8-24(9-7-21)11-20(25)26/h1-5,10H,6-9,11-13H2,(H,25,26). The van der Waals surface area contributed by atoms with E-state index in [0.717, 1.165) is 37.2 Å². The fourth-order valence-electron chi connectivity index (χ4n) is 4.01. The Labute approximate surface area is 167 Å². The number of halogens is 2. The van der Waals surface area contributed by atoms with Crippen LogP contribution in [-0.4, -0.2) is 42.2 Å². The molecule has 0 unspecified atom stereocenters. The smallest absolute Gasteiger partial charge is 0.317 e. The van der Waals surface area contributed by atoms with Crippen LogP contribution in [0.25, 0.3) is 0 Å². The number of nitrogens with zero attached hydrogens (tertiary/aromatic N) is 1.